The molecule has 76 valence electrons. The lowest BCUT2D eigenvalue weighted by atomic mass is 10.1. The van der Waals surface area contributed by atoms with Crippen LogP contribution in [0.15, 0.2) is 28.2 Å². The van der Waals surface area contributed by atoms with Gasteiger partial charge in [-0.25, -0.2) is 4.39 Å². The summed E-state index contributed by atoms with van der Waals surface area (Å²) in [6, 6.07) is 4.88. The molecule has 0 radical (unpaired) electrons. The van der Waals surface area contributed by atoms with Crippen LogP contribution in [-0.2, 0) is 0 Å². The summed E-state index contributed by atoms with van der Waals surface area (Å²) in [5.41, 5.74) is 7.15. The van der Waals surface area contributed by atoms with Crippen LogP contribution in [0.1, 0.15) is 18.9 Å². The van der Waals surface area contributed by atoms with Crippen LogP contribution >= 0.6 is 15.9 Å². The van der Waals surface area contributed by atoms with Crippen molar-refractivity contribution < 1.29 is 4.39 Å². The van der Waals surface area contributed by atoms with Gasteiger partial charge < -0.3 is 5.73 Å². The SMILES string of the molecule is CCC(=Cc1cc(Br)ccc1F)CN. The van der Waals surface area contributed by atoms with Gasteiger partial charge in [-0.2, -0.15) is 0 Å². The lowest BCUT2D eigenvalue weighted by molar-refractivity contribution is 0.624. The average Bonchev–Trinajstić information content (AvgIpc) is 2.19. The lowest BCUT2D eigenvalue weighted by Crippen LogP contribution is -2.02. The molecule has 0 bridgehead atoms. The number of halogens is 2. The van der Waals surface area contributed by atoms with Crippen molar-refractivity contribution in [2.24, 2.45) is 5.73 Å². The van der Waals surface area contributed by atoms with Crippen LogP contribution in [0.2, 0.25) is 0 Å². The summed E-state index contributed by atoms with van der Waals surface area (Å²) in [6.07, 6.45) is 2.66. The summed E-state index contributed by atoms with van der Waals surface area (Å²) >= 11 is 3.30. The molecule has 0 aliphatic rings. The molecule has 1 rings (SSSR count). The van der Waals surface area contributed by atoms with Gasteiger partial charge in [0.25, 0.3) is 0 Å². The number of benzene rings is 1. The molecule has 0 unspecified atom stereocenters. The molecule has 0 saturated heterocycles. The summed E-state index contributed by atoms with van der Waals surface area (Å²) in [5.74, 6) is -0.215. The molecule has 0 aliphatic heterocycles. The number of rotatable bonds is 3. The summed E-state index contributed by atoms with van der Waals surface area (Å²) in [7, 11) is 0. The van der Waals surface area contributed by atoms with E-state index >= 15 is 0 Å². The van der Waals surface area contributed by atoms with Gasteiger partial charge in [0, 0.05) is 16.6 Å². The summed E-state index contributed by atoms with van der Waals surface area (Å²) in [6.45, 7) is 2.48. The van der Waals surface area contributed by atoms with Gasteiger partial charge in [-0.3, -0.25) is 0 Å². The highest BCUT2D eigenvalue weighted by Crippen LogP contribution is 2.18. The monoisotopic (exact) mass is 257 g/mol. The molecule has 14 heavy (non-hydrogen) atoms. The molecule has 3 heteroatoms. The van der Waals surface area contributed by atoms with Gasteiger partial charge in [-0.1, -0.05) is 34.5 Å². The molecule has 0 aliphatic carbocycles. The molecule has 1 nitrogen and oxygen atoms in total. The van der Waals surface area contributed by atoms with Crippen LogP contribution in [0, 0.1) is 5.82 Å². The van der Waals surface area contributed by atoms with Gasteiger partial charge in [0.1, 0.15) is 5.82 Å². The van der Waals surface area contributed by atoms with Crippen molar-refractivity contribution in [1.29, 1.82) is 0 Å². The first kappa shape index (κ1) is 11.4. The highest BCUT2D eigenvalue weighted by atomic mass is 79.9. The van der Waals surface area contributed by atoms with E-state index in [1.165, 1.54) is 6.07 Å². The van der Waals surface area contributed by atoms with Crippen molar-refractivity contribution in [2.75, 3.05) is 6.54 Å². The Balaban J connectivity index is 3.06. The third-order valence-corrected chi connectivity index (χ3v) is 2.53. The second-order valence-electron chi connectivity index (χ2n) is 3.03. The zero-order chi connectivity index (χ0) is 10.6. The van der Waals surface area contributed by atoms with Crippen LogP contribution in [-0.4, -0.2) is 6.54 Å². The minimum absolute atomic E-state index is 0.215. The van der Waals surface area contributed by atoms with E-state index in [0.29, 0.717) is 12.1 Å². The standard InChI is InChI=1S/C11H13BrFN/c1-2-8(7-14)5-9-6-10(12)3-4-11(9)13/h3-6H,2,7,14H2,1H3. The summed E-state index contributed by atoms with van der Waals surface area (Å²) in [5, 5.41) is 0. The Morgan fingerprint density at radius 3 is 2.86 bits per heavy atom. The highest BCUT2D eigenvalue weighted by molar-refractivity contribution is 9.10. The molecule has 1 aromatic carbocycles. The van der Waals surface area contributed by atoms with Crippen molar-refractivity contribution >= 4 is 22.0 Å². The van der Waals surface area contributed by atoms with Crippen molar-refractivity contribution in [3.8, 4) is 0 Å². The maximum absolute atomic E-state index is 13.3. The van der Waals surface area contributed by atoms with Gasteiger partial charge in [-0.05, 0) is 24.6 Å². The van der Waals surface area contributed by atoms with E-state index in [0.717, 1.165) is 16.5 Å². The number of hydrogen-bond donors (Lipinski definition) is 1. The summed E-state index contributed by atoms with van der Waals surface area (Å²) < 4.78 is 14.2. The predicted octanol–water partition coefficient (Wildman–Crippen LogP) is 3.34. The topological polar surface area (TPSA) is 26.0 Å². The zero-order valence-electron chi connectivity index (χ0n) is 8.06. The van der Waals surface area contributed by atoms with Gasteiger partial charge in [0.15, 0.2) is 0 Å². The minimum atomic E-state index is -0.215. The van der Waals surface area contributed by atoms with Gasteiger partial charge in [0.2, 0.25) is 0 Å². The molecule has 0 fully saturated rings. The molecule has 0 heterocycles. The Morgan fingerprint density at radius 2 is 2.29 bits per heavy atom. The molecule has 0 atom stereocenters. The highest BCUT2D eigenvalue weighted by Gasteiger charge is 2.00. The van der Waals surface area contributed by atoms with E-state index < -0.39 is 0 Å². The van der Waals surface area contributed by atoms with Crippen LogP contribution < -0.4 is 5.73 Å². The van der Waals surface area contributed by atoms with E-state index in [4.69, 9.17) is 5.73 Å². The van der Waals surface area contributed by atoms with E-state index in [9.17, 15) is 4.39 Å². The van der Waals surface area contributed by atoms with E-state index in [1.54, 1.807) is 18.2 Å². The fraction of sp³-hybridized carbons (Fsp3) is 0.273. The Kier molecular flexibility index (Phi) is 4.29. The van der Waals surface area contributed by atoms with E-state index in [2.05, 4.69) is 15.9 Å². The lowest BCUT2D eigenvalue weighted by Gasteiger charge is -2.02. The molecule has 0 aromatic heterocycles. The zero-order valence-corrected chi connectivity index (χ0v) is 9.64. The van der Waals surface area contributed by atoms with Gasteiger partial charge in [-0.15, -0.1) is 0 Å². The molecule has 0 spiro atoms. The van der Waals surface area contributed by atoms with Crippen LogP contribution in [0.4, 0.5) is 4.39 Å². The van der Waals surface area contributed by atoms with Crippen molar-refractivity contribution in [3.05, 3.63) is 39.6 Å². The first-order chi connectivity index (χ1) is 6.67. The minimum Gasteiger partial charge on any atom is -0.327 e. The van der Waals surface area contributed by atoms with E-state index in [1.807, 2.05) is 6.92 Å². The maximum atomic E-state index is 13.3. The molecular formula is C11H13BrFN. The third-order valence-electron chi connectivity index (χ3n) is 2.03. The maximum Gasteiger partial charge on any atom is 0.130 e. The fourth-order valence-electron chi connectivity index (χ4n) is 1.15. The second kappa shape index (κ2) is 5.27. The Morgan fingerprint density at radius 1 is 1.57 bits per heavy atom. The van der Waals surface area contributed by atoms with E-state index in [-0.39, 0.29) is 5.82 Å². The average molecular weight is 258 g/mol. The van der Waals surface area contributed by atoms with Crippen molar-refractivity contribution in [3.63, 3.8) is 0 Å². The van der Waals surface area contributed by atoms with Crippen LogP contribution in [0.25, 0.3) is 6.08 Å². The first-order valence-electron chi connectivity index (χ1n) is 4.52. The first-order valence-corrected chi connectivity index (χ1v) is 5.31. The number of hydrogen-bond acceptors (Lipinski definition) is 1. The molecule has 2 N–H and O–H groups in total. The third kappa shape index (κ3) is 2.93. The Bertz CT molecular complexity index is 341. The normalized spacial score (nSPS) is 11.9. The molecule has 0 saturated carbocycles. The van der Waals surface area contributed by atoms with Crippen LogP contribution in [0.5, 0.6) is 0 Å². The van der Waals surface area contributed by atoms with Crippen molar-refractivity contribution in [2.45, 2.75) is 13.3 Å². The molecular weight excluding hydrogens is 245 g/mol. The van der Waals surface area contributed by atoms with Gasteiger partial charge >= 0.3 is 0 Å². The van der Waals surface area contributed by atoms with Crippen molar-refractivity contribution in [1.82, 2.24) is 0 Å². The second-order valence-corrected chi connectivity index (χ2v) is 3.94. The van der Waals surface area contributed by atoms with Crippen LogP contribution in [0.3, 0.4) is 0 Å². The molecule has 1 aromatic rings. The fourth-order valence-corrected chi connectivity index (χ4v) is 1.53. The number of nitrogens with two attached hydrogens (primary N) is 1. The largest absolute Gasteiger partial charge is 0.327 e. The smallest absolute Gasteiger partial charge is 0.130 e. The van der Waals surface area contributed by atoms with Gasteiger partial charge in [0.05, 0.1) is 0 Å². The molecule has 0 amide bonds. The summed E-state index contributed by atoms with van der Waals surface area (Å²) in [4.78, 5) is 0. The predicted molar refractivity (Wildman–Crippen MR) is 61.4 cm³/mol. The Labute approximate surface area is 91.9 Å². The Hall–Kier alpha value is -0.670. The quantitative estimate of drug-likeness (QED) is 0.884.